The van der Waals surface area contributed by atoms with Gasteiger partial charge in [-0.1, -0.05) is 24.3 Å². The number of anilines is 1. The maximum absolute atomic E-state index is 13.7. The summed E-state index contributed by atoms with van der Waals surface area (Å²) in [5, 5.41) is 13.2. The molecule has 0 radical (unpaired) electrons. The Kier molecular flexibility index (Phi) is 5.45. The Morgan fingerprint density at radius 3 is 2.68 bits per heavy atom. The lowest BCUT2D eigenvalue weighted by Gasteiger charge is -2.10. The number of benzene rings is 2. The highest BCUT2D eigenvalue weighted by molar-refractivity contribution is 6.04. The van der Waals surface area contributed by atoms with E-state index in [9.17, 15) is 24.1 Å². The van der Waals surface area contributed by atoms with E-state index in [0.29, 0.717) is 0 Å². The van der Waals surface area contributed by atoms with E-state index in [1.807, 2.05) is 0 Å². The van der Waals surface area contributed by atoms with Gasteiger partial charge in [-0.2, -0.15) is 4.73 Å². The molecule has 1 N–H and O–H groups in total. The summed E-state index contributed by atoms with van der Waals surface area (Å²) in [6, 6.07) is 14.0. The Labute approximate surface area is 157 Å². The molecule has 2 aromatic carbocycles. The number of pyridine rings is 1. The number of carbonyl (C=O) groups is 1. The first kappa shape index (κ1) is 18.8. The number of non-ortho nitro benzene ring substituents is 1. The van der Waals surface area contributed by atoms with Gasteiger partial charge in [-0.15, -0.1) is 0 Å². The Morgan fingerprint density at radius 2 is 1.93 bits per heavy atom. The van der Waals surface area contributed by atoms with Gasteiger partial charge >= 0.3 is 0 Å². The Morgan fingerprint density at radius 1 is 1.14 bits per heavy atom. The van der Waals surface area contributed by atoms with E-state index in [-0.39, 0.29) is 29.1 Å². The van der Waals surface area contributed by atoms with Gasteiger partial charge in [-0.25, -0.2) is 4.39 Å². The number of nitro groups is 1. The van der Waals surface area contributed by atoms with Crippen molar-refractivity contribution in [2.75, 3.05) is 5.32 Å². The van der Waals surface area contributed by atoms with Gasteiger partial charge in [0, 0.05) is 29.6 Å². The largest absolute Gasteiger partial charge is 0.406 e. The number of nitrogens with one attached hydrogen (secondary N) is 1. The predicted octanol–water partition coefficient (Wildman–Crippen LogP) is 2.78. The number of carbonyl (C=O) groups excluding carboxylic acids is 1. The van der Waals surface area contributed by atoms with Gasteiger partial charge in [0.25, 0.3) is 17.2 Å². The van der Waals surface area contributed by atoms with Crippen molar-refractivity contribution in [1.82, 2.24) is 4.73 Å². The highest BCUT2D eigenvalue weighted by Gasteiger charge is 2.15. The van der Waals surface area contributed by atoms with Crippen molar-refractivity contribution in [1.29, 1.82) is 0 Å². The molecule has 0 bridgehead atoms. The average molecular weight is 383 g/mol. The van der Waals surface area contributed by atoms with Gasteiger partial charge in [0.05, 0.1) is 4.92 Å². The molecule has 0 saturated carbocycles. The molecular formula is C19H14FN3O5. The van der Waals surface area contributed by atoms with E-state index in [1.54, 1.807) is 6.07 Å². The second-order valence-corrected chi connectivity index (χ2v) is 5.68. The number of amides is 1. The van der Waals surface area contributed by atoms with Crippen molar-refractivity contribution < 1.29 is 18.9 Å². The van der Waals surface area contributed by atoms with Crippen LogP contribution in [0.3, 0.4) is 0 Å². The minimum atomic E-state index is -0.755. The van der Waals surface area contributed by atoms with Crippen molar-refractivity contribution in [2.24, 2.45) is 0 Å². The zero-order valence-corrected chi connectivity index (χ0v) is 14.4. The summed E-state index contributed by atoms with van der Waals surface area (Å²) in [6.07, 6.45) is 1.30. The van der Waals surface area contributed by atoms with Crippen LogP contribution < -0.4 is 15.7 Å². The van der Waals surface area contributed by atoms with Gasteiger partial charge in [0.2, 0.25) is 0 Å². The van der Waals surface area contributed by atoms with Crippen molar-refractivity contribution in [2.45, 2.75) is 6.61 Å². The maximum Gasteiger partial charge on any atom is 0.295 e. The molecule has 1 heterocycles. The maximum atomic E-state index is 13.7. The van der Waals surface area contributed by atoms with Crippen LogP contribution in [0.15, 0.2) is 71.7 Å². The molecule has 3 rings (SSSR count). The summed E-state index contributed by atoms with van der Waals surface area (Å²) in [6.45, 7) is -0.206. The molecule has 0 aliphatic rings. The molecule has 28 heavy (non-hydrogen) atoms. The molecule has 0 atom stereocenters. The molecule has 0 aliphatic carbocycles. The molecule has 0 fully saturated rings. The second-order valence-electron chi connectivity index (χ2n) is 5.68. The molecule has 1 amide bonds. The number of nitro benzene ring substituents is 1. The van der Waals surface area contributed by atoms with Crippen molar-refractivity contribution >= 4 is 17.3 Å². The Hall–Kier alpha value is -4.01. The fraction of sp³-hybridized carbons (Fsp3) is 0.0526. The molecule has 0 saturated heterocycles. The number of aromatic nitrogens is 1. The van der Waals surface area contributed by atoms with E-state index in [2.05, 4.69) is 5.32 Å². The lowest BCUT2D eigenvalue weighted by atomic mass is 10.2. The molecule has 8 nitrogen and oxygen atoms in total. The lowest BCUT2D eigenvalue weighted by Crippen LogP contribution is -2.32. The van der Waals surface area contributed by atoms with E-state index < -0.39 is 22.2 Å². The van der Waals surface area contributed by atoms with Crippen LogP contribution in [0.1, 0.15) is 15.9 Å². The quantitative estimate of drug-likeness (QED) is 0.521. The van der Waals surface area contributed by atoms with Crippen LogP contribution in [-0.4, -0.2) is 15.6 Å². The number of rotatable bonds is 6. The number of nitrogens with zero attached hydrogens (tertiary/aromatic N) is 2. The van der Waals surface area contributed by atoms with Gasteiger partial charge in [0.1, 0.15) is 18.0 Å². The van der Waals surface area contributed by atoms with Crippen LogP contribution in [0.4, 0.5) is 15.8 Å². The van der Waals surface area contributed by atoms with Crippen LogP contribution in [0.25, 0.3) is 0 Å². The summed E-state index contributed by atoms with van der Waals surface area (Å²) in [7, 11) is 0. The topological polar surface area (TPSA) is 103 Å². The summed E-state index contributed by atoms with van der Waals surface area (Å²) in [4.78, 5) is 40.4. The Balaban J connectivity index is 1.77. The number of halogens is 1. The monoisotopic (exact) mass is 383 g/mol. The SMILES string of the molecule is O=C(Nc1cccc([N+](=O)[O-])c1)c1cccn(OCc2ccccc2F)c1=O. The van der Waals surface area contributed by atoms with Crippen molar-refractivity contribution in [3.8, 4) is 0 Å². The highest BCUT2D eigenvalue weighted by Crippen LogP contribution is 2.17. The lowest BCUT2D eigenvalue weighted by molar-refractivity contribution is -0.384. The third kappa shape index (κ3) is 4.21. The molecule has 9 heteroatoms. The first-order valence-corrected chi connectivity index (χ1v) is 8.10. The summed E-state index contributed by atoms with van der Waals surface area (Å²) >= 11 is 0. The summed E-state index contributed by atoms with van der Waals surface area (Å²) in [5.74, 6) is -1.23. The van der Waals surface area contributed by atoms with E-state index in [4.69, 9.17) is 4.84 Å². The predicted molar refractivity (Wildman–Crippen MR) is 98.4 cm³/mol. The van der Waals surface area contributed by atoms with Gasteiger partial charge in [-0.05, 0) is 24.3 Å². The Bertz CT molecular complexity index is 1100. The molecule has 1 aromatic heterocycles. The normalized spacial score (nSPS) is 10.3. The van der Waals surface area contributed by atoms with Crippen LogP contribution in [0.5, 0.6) is 0 Å². The fourth-order valence-electron chi connectivity index (χ4n) is 2.40. The van der Waals surface area contributed by atoms with Gasteiger partial charge in [0.15, 0.2) is 0 Å². The molecule has 3 aromatic rings. The number of hydrogen-bond acceptors (Lipinski definition) is 5. The standard InChI is InChI=1S/C19H14FN3O5/c20-17-9-2-1-5-13(17)12-28-22-10-4-8-16(19(22)25)18(24)21-14-6-3-7-15(11-14)23(26)27/h1-11H,12H2,(H,21,24). The van der Waals surface area contributed by atoms with Crippen molar-refractivity contribution in [3.63, 3.8) is 0 Å². The van der Waals surface area contributed by atoms with Crippen LogP contribution in [-0.2, 0) is 6.61 Å². The average Bonchev–Trinajstić information content (AvgIpc) is 2.68. The molecule has 0 aliphatic heterocycles. The zero-order valence-electron chi connectivity index (χ0n) is 14.4. The highest BCUT2D eigenvalue weighted by atomic mass is 19.1. The van der Waals surface area contributed by atoms with Gasteiger partial charge in [-0.3, -0.25) is 19.7 Å². The number of hydrogen-bond donors (Lipinski definition) is 1. The fourth-order valence-corrected chi connectivity index (χ4v) is 2.40. The smallest absolute Gasteiger partial charge is 0.295 e. The second kappa shape index (κ2) is 8.12. The molecule has 0 spiro atoms. The van der Waals surface area contributed by atoms with Crippen LogP contribution in [0, 0.1) is 15.9 Å². The molecule has 0 unspecified atom stereocenters. The first-order valence-electron chi connectivity index (χ1n) is 8.10. The van der Waals surface area contributed by atoms with Crippen molar-refractivity contribution in [3.05, 3.63) is 104 Å². The van der Waals surface area contributed by atoms with E-state index >= 15 is 0 Å². The zero-order chi connectivity index (χ0) is 20.1. The molecular weight excluding hydrogens is 369 g/mol. The van der Waals surface area contributed by atoms with Gasteiger partial charge < -0.3 is 10.2 Å². The third-order valence-corrected chi connectivity index (χ3v) is 3.79. The third-order valence-electron chi connectivity index (χ3n) is 3.79. The van der Waals surface area contributed by atoms with E-state index in [0.717, 1.165) is 4.73 Å². The first-order chi connectivity index (χ1) is 13.5. The minimum absolute atomic E-state index is 0.168. The van der Waals surface area contributed by atoms with E-state index in [1.165, 1.54) is 60.8 Å². The van der Waals surface area contributed by atoms with Crippen LogP contribution >= 0.6 is 0 Å². The molecule has 142 valence electrons. The van der Waals surface area contributed by atoms with Crippen LogP contribution in [0.2, 0.25) is 0 Å². The summed E-state index contributed by atoms with van der Waals surface area (Å²) in [5.41, 5.74) is -0.761. The summed E-state index contributed by atoms with van der Waals surface area (Å²) < 4.78 is 14.5. The minimum Gasteiger partial charge on any atom is -0.406 e.